The Morgan fingerprint density at radius 2 is 2.00 bits per heavy atom. The smallest absolute Gasteiger partial charge is 0.272 e. The lowest BCUT2D eigenvalue weighted by Crippen LogP contribution is -2.38. The van der Waals surface area contributed by atoms with E-state index >= 15 is 0 Å². The Balaban J connectivity index is 1.33. The van der Waals surface area contributed by atoms with Gasteiger partial charge in [-0.15, -0.1) is 0 Å². The molecule has 1 atom stereocenters. The van der Waals surface area contributed by atoms with Crippen molar-refractivity contribution in [2.24, 2.45) is 0 Å². The van der Waals surface area contributed by atoms with Gasteiger partial charge in [0.05, 0.1) is 5.69 Å². The second-order valence-corrected chi connectivity index (χ2v) is 8.36. The predicted octanol–water partition coefficient (Wildman–Crippen LogP) is 3.88. The highest BCUT2D eigenvalue weighted by Crippen LogP contribution is 2.28. The SMILES string of the molecule is CC1CCCCN1CCCCNC(=O)c1nn(-c2ccc(F)cc2)c2c1CCC2. The van der Waals surface area contributed by atoms with E-state index in [4.69, 9.17) is 0 Å². The molecule has 1 N–H and O–H groups in total. The number of hydrogen-bond donors (Lipinski definition) is 1. The number of nitrogens with one attached hydrogen (secondary N) is 1. The van der Waals surface area contributed by atoms with Crippen molar-refractivity contribution >= 4 is 5.91 Å². The van der Waals surface area contributed by atoms with Gasteiger partial charge in [0.2, 0.25) is 0 Å². The Labute approximate surface area is 172 Å². The number of rotatable bonds is 7. The van der Waals surface area contributed by atoms with Gasteiger partial charge in [-0.2, -0.15) is 5.10 Å². The molecule has 0 spiro atoms. The molecule has 0 bridgehead atoms. The third kappa shape index (κ3) is 4.53. The number of aromatic nitrogens is 2. The Morgan fingerprint density at radius 1 is 1.17 bits per heavy atom. The molecule has 156 valence electrons. The Morgan fingerprint density at radius 3 is 2.79 bits per heavy atom. The van der Waals surface area contributed by atoms with Gasteiger partial charge < -0.3 is 10.2 Å². The Kier molecular flexibility index (Phi) is 6.28. The molecule has 2 aromatic rings. The van der Waals surface area contributed by atoms with E-state index in [2.05, 4.69) is 22.2 Å². The first-order valence-corrected chi connectivity index (χ1v) is 11.0. The maximum Gasteiger partial charge on any atom is 0.272 e. The Hall–Kier alpha value is -2.21. The number of nitrogens with zero attached hydrogens (tertiary/aromatic N) is 3. The summed E-state index contributed by atoms with van der Waals surface area (Å²) in [5, 5.41) is 7.65. The minimum Gasteiger partial charge on any atom is -0.351 e. The van der Waals surface area contributed by atoms with Crippen molar-refractivity contribution in [1.82, 2.24) is 20.0 Å². The van der Waals surface area contributed by atoms with Crippen molar-refractivity contribution in [1.29, 1.82) is 0 Å². The summed E-state index contributed by atoms with van der Waals surface area (Å²) in [6.07, 6.45) is 8.86. The number of piperidine rings is 1. The summed E-state index contributed by atoms with van der Waals surface area (Å²) < 4.78 is 15.1. The fourth-order valence-electron chi connectivity index (χ4n) is 4.63. The summed E-state index contributed by atoms with van der Waals surface area (Å²) in [5.41, 5.74) is 3.47. The van der Waals surface area contributed by atoms with Crippen LogP contribution in [0.5, 0.6) is 0 Å². The summed E-state index contributed by atoms with van der Waals surface area (Å²) in [6.45, 7) is 5.32. The summed E-state index contributed by atoms with van der Waals surface area (Å²) in [4.78, 5) is 15.3. The lowest BCUT2D eigenvalue weighted by Gasteiger charge is -2.33. The highest BCUT2D eigenvalue weighted by Gasteiger charge is 2.26. The minimum atomic E-state index is -0.269. The lowest BCUT2D eigenvalue weighted by atomic mass is 10.0. The van der Waals surface area contributed by atoms with Crippen molar-refractivity contribution in [3.8, 4) is 5.69 Å². The van der Waals surface area contributed by atoms with Crippen LogP contribution in [-0.4, -0.2) is 46.3 Å². The van der Waals surface area contributed by atoms with E-state index in [0.717, 1.165) is 55.6 Å². The molecule has 1 aliphatic heterocycles. The number of likely N-dealkylation sites (tertiary alicyclic amines) is 1. The molecule has 0 saturated carbocycles. The molecule has 2 heterocycles. The molecule has 1 aromatic carbocycles. The van der Waals surface area contributed by atoms with Gasteiger partial charge in [0.1, 0.15) is 5.82 Å². The molecule has 1 saturated heterocycles. The number of hydrogen-bond acceptors (Lipinski definition) is 3. The average Bonchev–Trinajstić information content (AvgIpc) is 3.32. The maximum absolute atomic E-state index is 13.3. The van der Waals surface area contributed by atoms with E-state index in [1.807, 2.05) is 4.68 Å². The van der Waals surface area contributed by atoms with Crippen LogP contribution in [0.25, 0.3) is 5.69 Å². The van der Waals surface area contributed by atoms with E-state index in [1.165, 1.54) is 37.9 Å². The van der Waals surface area contributed by atoms with E-state index < -0.39 is 0 Å². The number of fused-ring (bicyclic) bond motifs is 1. The standard InChI is InChI=1S/C23H31FN4O/c1-17-7-2-4-15-27(17)16-5-3-14-25-23(29)22-20-8-6-9-21(20)28(26-22)19-12-10-18(24)11-13-19/h10-13,17H,2-9,14-16H2,1H3,(H,25,29). The van der Waals surface area contributed by atoms with Gasteiger partial charge in [-0.05, 0) is 89.2 Å². The second kappa shape index (κ2) is 9.08. The van der Waals surface area contributed by atoms with Crippen LogP contribution in [0.1, 0.15) is 67.2 Å². The molecule has 1 fully saturated rings. The summed E-state index contributed by atoms with van der Waals surface area (Å²) in [7, 11) is 0. The van der Waals surface area contributed by atoms with Crippen LogP contribution < -0.4 is 5.32 Å². The van der Waals surface area contributed by atoms with Crippen molar-refractivity contribution in [3.05, 3.63) is 47.0 Å². The molecular formula is C23H31FN4O. The van der Waals surface area contributed by atoms with Gasteiger partial charge >= 0.3 is 0 Å². The van der Waals surface area contributed by atoms with Crippen LogP contribution in [0.4, 0.5) is 4.39 Å². The topological polar surface area (TPSA) is 50.2 Å². The number of carbonyl (C=O) groups is 1. The third-order valence-electron chi connectivity index (χ3n) is 6.31. The maximum atomic E-state index is 13.3. The predicted molar refractivity (Wildman–Crippen MR) is 112 cm³/mol. The first-order valence-electron chi connectivity index (χ1n) is 11.0. The number of unbranched alkanes of at least 4 members (excludes halogenated alkanes) is 1. The normalized spacial score (nSPS) is 19.3. The van der Waals surface area contributed by atoms with Crippen LogP contribution in [0.15, 0.2) is 24.3 Å². The van der Waals surface area contributed by atoms with E-state index in [0.29, 0.717) is 18.3 Å². The summed E-state index contributed by atoms with van der Waals surface area (Å²) in [5.74, 6) is -0.357. The molecule has 1 aromatic heterocycles. The number of carbonyl (C=O) groups excluding carboxylic acids is 1. The van der Waals surface area contributed by atoms with Crippen molar-refractivity contribution in [2.45, 2.75) is 64.3 Å². The molecule has 1 amide bonds. The van der Waals surface area contributed by atoms with Gasteiger partial charge in [-0.25, -0.2) is 9.07 Å². The quantitative estimate of drug-likeness (QED) is 0.720. The molecule has 5 nitrogen and oxygen atoms in total. The highest BCUT2D eigenvalue weighted by molar-refractivity contribution is 5.94. The van der Waals surface area contributed by atoms with E-state index in [-0.39, 0.29) is 11.7 Å². The average molecular weight is 399 g/mol. The fourth-order valence-corrected chi connectivity index (χ4v) is 4.63. The van der Waals surface area contributed by atoms with Gasteiger partial charge in [-0.1, -0.05) is 6.42 Å². The fraction of sp³-hybridized carbons (Fsp3) is 0.565. The van der Waals surface area contributed by atoms with Gasteiger partial charge in [0.15, 0.2) is 5.69 Å². The molecule has 6 heteroatoms. The molecule has 4 rings (SSSR count). The lowest BCUT2D eigenvalue weighted by molar-refractivity contribution is 0.0945. The van der Waals surface area contributed by atoms with Crippen LogP contribution in [-0.2, 0) is 12.8 Å². The van der Waals surface area contributed by atoms with Crippen LogP contribution in [0, 0.1) is 5.82 Å². The molecule has 2 aliphatic rings. The largest absolute Gasteiger partial charge is 0.351 e. The van der Waals surface area contributed by atoms with Gasteiger partial charge in [-0.3, -0.25) is 4.79 Å². The van der Waals surface area contributed by atoms with Crippen LogP contribution in [0.2, 0.25) is 0 Å². The summed E-state index contributed by atoms with van der Waals surface area (Å²) >= 11 is 0. The molecule has 0 radical (unpaired) electrons. The molecule has 1 aliphatic carbocycles. The van der Waals surface area contributed by atoms with Gasteiger partial charge in [0.25, 0.3) is 5.91 Å². The monoisotopic (exact) mass is 398 g/mol. The Bertz CT molecular complexity index is 845. The number of halogens is 1. The van der Waals surface area contributed by atoms with Crippen molar-refractivity contribution in [2.75, 3.05) is 19.6 Å². The zero-order chi connectivity index (χ0) is 20.2. The first kappa shape index (κ1) is 20.1. The molecule has 29 heavy (non-hydrogen) atoms. The molecule has 1 unspecified atom stereocenters. The zero-order valence-corrected chi connectivity index (χ0v) is 17.3. The zero-order valence-electron chi connectivity index (χ0n) is 17.3. The summed E-state index contributed by atoms with van der Waals surface area (Å²) in [6, 6.07) is 6.98. The van der Waals surface area contributed by atoms with E-state index in [9.17, 15) is 9.18 Å². The molecular weight excluding hydrogens is 367 g/mol. The third-order valence-corrected chi connectivity index (χ3v) is 6.31. The highest BCUT2D eigenvalue weighted by atomic mass is 19.1. The van der Waals surface area contributed by atoms with Crippen LogP contribution >= 0.6 is 0 Å². The second-order valence-electron chi connectivity index (χ2n) is 8.36. The van der Waals surface area contributed by atoms with Crippen molar-refractivity contribution in [3.63, 3.8) is 0 Å². The van der Waals surface area contributed by atoms with E-state index in [1.54, 1.807) is 12.1 Å². The van der Waals surface area contributed by atoms with Crippen molar-refractivity contribution < 1.29 is 9.18 Å². The van der Waals surface area contributed by atoms with Crippen LogP contribution in [0.3, 0.4) is 0 Å². The number of amides is 1. The first-order chi connectivity index (χ1) is 14.1. The number of benzene rings is 1. The minimum absolute atomic E-state index is 0.0876. The van der Waals surface area contributed by atoms with Gasteiger partial charge in [0, 0.05) is 23.8 Å².